The number of amides is 2. The Hall–Kier alpha value is -2.08. The minimum absolute atomic E-state index is 0.0255. The number of hydrogen-bond donors (Lipinski definition) is 3. The Morgan fingerprint density at radius 2 is 2.30 bits per heavy atom. The lowest BCUT2D eigenvalue weighted by Crippen LogP contribution is -2.42. The average Bonchev–Trinajstić information content (AvgIpc) is 2.46. The number of carbonyl (C=O) groups excluding carboxylic acids is 2. The second-order valence-corrected chi connectivity index (χ2v) is 4.77. The summed E-state index contributed by atoms with van der Waals surface area (Å²) >= 11 is 0. The normalized spacial score (nSPS) is 15.0. The maximum absolute atomic E-state index is 11.6. The van der Waals surface area contributed by atoms with Gasteiger partial charge in [0.25, 0.3) is 5.91 Å². The fourth-order valence-corrected chi connectivity index (χ4v) is 2.20. The average molecular weight is 277 g/mol. The van der Waals surface area contributed by atoms with Crippen LogP contribution in [-0.2, 0) is 16.0 Å². The van der Waals surface area contributed by atoms with Crippen LogP contribution in [0.25, 0.3) is 0 Å². The summed E-state index contributed by atoms with van der Waals surface area (Å²) in [5.41, 5.74) is 3.95. The van der Waals surface area contributed by atoms with Crippen LogP contribution in [0, 0.1) is 0 Å². The van der Waals surface area contributed by atoms with Gasteiger partial charge >= 0.3 is 0 Å². The van der Waals surface area contributed by atoms with Crippen molar-refractivity contribution < 1.29 is 14.3 Å². The lowest BCUT2D eigenvalue weighted by Gasteiger charge is -2.20. The number of carbonyl (C=O) groups is 2. The van der Waals surface area contributed by atoms with Crippen molar-refractivity contribution in [2.24, 2.45) is 5.84 Å². The number of aryl methyl sites for hydroxylation is 1. The zero-order valence-electron chi connectivity index (χ0n) is 11.4. The Labute approximate surface area is 117 Å². The standard InChI is InChI=1S/C14H19N3O3/c1-2-3-12(14(19)17-15)20-10-5-6-11-9(8-10)4-7-13(18)16-11/h5-6,8,12H,2-4,7,15H2,1H3,(H,16,18)(H,17,19). The highest BCUT2D eigenvalue weighted by Crippen LogP contribution is 2.27. The van der Waals surface area contributed by atoms with Crippen molar-refractivity contribution in [3.05, 3.63) is 23.8 Å². The van der Waals surface area contributed by atoms with Crippen LogP contribution in [0.5, 0.6) is 5.75 Å². The highest BCUT2D eigenvalue weighted by atomic mass is 16.5. The zero-order valence-corrected chi connectivity index (χ0v) is 11.4. The number of fused-ring (bicyclic) bond motifs is 1. The van der Waals surface area contributed by atoms with E-state index in [1.807, 2.05) is 13.0 Å². The van der Waals surface area contributed by atoms with Crippen LogP contribution in [0.15, 0.2) is 18.2 Å². The first-order chi connectivity index (χ1) is 9.63. The molecule has 0 saturated carbocycles. The molecule has 4 N–H and O–H groups in total. The number of benzene rings is 1. The molecular weight excluding hydrogens is 258 g/mol. The quantitative estimate of drug-likeness (QED) is 0.427. The van der Waals surface area contributed by atoms with Crippen LogP contribution >= 0.6 is 0 Å². The molecule has 20 heavy (non-hydrogen) atoms. The Balaban J connectivity index is 2.12. The van der Waals surface area contributed by atoms with E-state index in [1.165, 1.54) is 0 Å². The number of rotatable bonds is 5. The molecule has 0 spiro atoms. The minimum atomic E-state index is -0.596. The highest BCUT2D eigenvalue weighted by Gasteiger charge is 2.20. The number of hydrogen-bond acceptors (Lipinski definition) is 4. The van der Waals surface area contributed by atoms with Crippen molar-refractivity contribution in [3.8, 4) is 5.75 Å². The molecule has 0 aromatic heterocycles. The minimum Gasteiger partial charge on any atom is -0.481 e. The van der Waals surface area contributed by atoms with Gasteiger partial charge in [0.15, 0.2) is 6.10 Å². The zero-order chi connectivity index (χ0) is 14.5. The molecule has 0 bridgehead atoms. The molecule has 0 saturated heterocycles. The predicted molar refractivity (Wildman–Crippen MR) is 75.0 cm³/mol. The number of hydrazine groups is 1. The van der Waals surface area contributed by atoms with Gasteiger partial charge in [0, 0.05) is 12.1 Å². The summed E-state index contributed by atoms with van der Waals surface area (Å²) in [6.07, 6.45) is 1.97. The molecule has 6 nitrogen and oxygen atoms in total. The van der Waals surface area contributed by atoms with E-state index >= 15 is 0 Å². The van der Waals surface area contributed by atoms with Gasteiger partial charge < -0.3 is 10.1 Å². The maximum Gasteiger partial charge on any atom is 0.274 e. The van der Waals surface area contributed by atoms with E-state index in [0.717, 1.165) is 17.7 Å². The number of nitrogens with two attached hydrogens (primary N) is 1. The van der Waals surface area contributed by atoms with Crippen LogP contribution in [0.4, 0.5) is 5.69 Å². The molecule has 0 fully saturated rings. The molecule has 1 aromatic rings. The van der Waals surface area contributed by atoms with Gasteiger partial charge in [0.05, 0.1) is 0 Å². The lowest BCUT2D eigenvalue weighted by molar-refractivity contribution is -0.128. The van der Waals surface area contributed by atoms with Crippen molar-refractivity contribution in [1.29, 1.82) is 0 Å². The van der Waals surface area contributed by atoms with Crippen molar-refractivity contribution in [2.45, 2.75) is 38.7 Å². The topological polar surface area (TPSA) is 93.4 Å². The molecule has 1 heterocycles. The van der Waals surface area contributed by atoms with Crippen LogP contribution < -0.4 is 21.3 Å². The van der Waals surface area contributed by atoms with E-state index in [4.69, 9.17) is 10.6 Å². The van der Waals surface area contributed by atoms with Crippen molar-refractivity contribution >= 4 is 17.5 Å². The van der Waals surface area contributed by atoms with E-state index in [-0.39, 0.29) is 11.8 Å². The van der Waals surface area contributed by atoms with Gasteiger partial charge in [-0.1, -0.05) is 13.3 Å². The van der Waals surface area contributed by atoms with Gasteiger partial charge in [-0.2, -0.15) is 0 Å². The fraction of sp³-hybridized carbons (Fsp3) is 0.429. The molecule has 108 valence electrons. The SMILES string of the molecule is CCCC(Oc1ccc2c(c1)CCC(=O)N2)C(=O)NN. The van der Waals surface area contributed by atoms with E-state index < -0.39 is 6.10 Å². The third-order valence-corrected chi connectivity index (χ3v) is 3.24. The van der Waals surface area contributed by atoms with Crippen LogP contribution in [0.1, 0.15) is 31.7 Å². The number of nitrogens with one attached hydrogen (secondary N) is 2. The molecule has 2 amide bonds. The molecule has 0 aliphatic carbocycles. The van der Waals surface area contributed by atoms with Gasteiger partial charge in [-0.25, -0.2) is 5.84 Å². The maximum atomic E-state index is 11.6. The summed E-state index contributed by atoms with van der Waals surface area (Å²) in [4.78, 5) is 22.9. The summed E-state index contributed by atoms with van der Waals surface area (Å²) in [7, 11) is 0. The summed E-state index contributed by atoms with van der Waals surface area (Å²) in [5.74, 6) is 5.46. The second kappa shape index (κ2) is 6.38. The Morgan fingerprint density at radius 3 is 3.00 bits per heavy atom. The largest absolute Gasteiger partial charge is 0.481 e. The Bertz CT molecular complexity index is 516. The van der Waals surface area contributed by atoms with Gasteiger partial charge in [-0.15, -0.1) is 0 Å². The fourth-order valence-electron chi connectivity index (χ4n) is 2.20. The third kappa shape index (κ3) is 3.27. The molecule has 0 radical (unpaired) electrons. The molecule has 6 heteroatoms. The first-order valence-corrected chi connectivity index (χ1v) is 6.74. The van der Waals surface area contributed by atoms with Crippen molar-refractivity contribution in [2.75, 3.05) is 5.32 Å². The molecule has 2 rings (SSSR count). The summed E-state index contributed by atoms with van der Waals surface area (Å²) in [5, 5.41) is 2.81. The lowest BCUT2D eigenvalue weighted by atomic mass is 10.0. The van der Waals surface area contributed by atoms with Crippen molar-refractivity contribution in [3.63, 3.8) is 0 Å². The van der Waals surface area contributed by atoms with E-state index in [1.54, 1.807) is 12.1 Å². The highest BCUT2D eigenvalue weighted by molar-refractivity contribution is 5.94. The van der Waals surface area contributed by atoms with Gasteiger partial charge in [0.2, 0.25) is 5.91 Å². The third-order valence-electron chi connectivity index (χ3n) is 3.24. The van der Waals surface area contributed by atoms with Gasteiger partial charge in [-0.3, -0.25) is 15.0 Å². The van der Waals surface area contributed by atoms with E-state index in [0.29, 0.717) is 25.0 Å². The first-order valence-electron chi connectivity index (χ1n) is 6.74. The van der Waals surface area contributed by atoms with Crippen LogP contribution in [0.2, 0.25) is 0 Å². The molecule has 1 aliphatic rings. The van der Waals surface area contributed by atoms with Crippen LogP contribution in [-0.4, -0.2) is 17.9 Å². The number of anilines is 1. The van der Waals surface area contributed by atoms with E-state index in [2.05, 4.69) is 10.7 Å². The van der Waals surface area contributed by atoms with E-state index in [9.17, 15) is 9.59 Å². The summed E-state index contributed by atoms with van der Waals surface area (Å²) in [6.45, 7) is 1.97. The van der Waals surface area contributed by atoms with Crippen LogP contribution in [0.3, 0.4) is 0 Å². The number of ether oxygens (including phenoxy) is 1. The molecular formula is C14H19N3O3. The molecule has 1 unspecified atom stereocenters. The molecule has 1 atom stereocenters. The van der Waals surface area contributed by atoms with Gasteiger partial charge in [0.1, 0.15) is 5.75 Å². The Morgan fingerprint density at radius 1 is 1.50 bits per heavy atom. The summed E-state index contributed by atoms with van der Waals surface area (Å²) in [6, 6.07) is 5.41. The molecule has 1 aliphatic heterocycles. The van der Waals surface area contributed by atoms with Gasteiger partial charge in [-0.05, 0) is 36.6 Å². The smallest absolute Gasteiger partial charge is 0.274 e. The monoisotopic (exact) mass is 277 g/mol. The molecule has 1 aromatic carbocycles. The van der Waals surface area contributed by atoms with Crippen molar-refractivity contribution in [1.82, 2.24) is 5.43 Å². The first kappa shape index (κ1) is 14.3. The Kier molecular flexibility index (Phi) is 4.57. The summed E-state index contributed by atoms with van der Waals surface area (Å²) < 4.78 is 5.70. The second-order valence-electron chi connectivity index (χ2n) is 4.77. The predicted octanol–water partition coefficient (Wildman–Crippen LogP) is 1.11.